The Balaban J connectivity index is 1.17. The summed E-state index contributed by atoms with van der Waals surface area (Å²) in [4.78, 5) is 16.9. The largest absolute Gasteiger partial charge is 0.493 e. The van der Waals surface area contributed by atoms with Gasteiger partial charge in [-0.05, 0) is 79.8 Å². The first-order valence-corrected chi connectivity index (χ1v) is 18.2. The van der Waals surface area contributed by atoms with Crippen LogP contribution < -0.4 is 14.2 Å². The minimum Gasteiger partial charge on any atom is -0.493 e. The smallest absolute Gasteiger partial charge is 0.142 e. The molecule has 1 unspecified atom stereocenters. The van der Waals surface area contributed by atoms with Crippen LogP contribution in [-0.4, -0.2) is 69.3 Å². The molecule has 0 bridgehead atoms. The van der Waals surface area contributed by atoms with E-state index in [-0.39, 0.29) is 12.7 Å². The lowest BCUT2D eigenvalue weighted by Gasteiger charge is -2.21. The van der Waals surface area contributed by atoms with E-state index in [0.29, 0.717) is 48.4 Å². The number of hydrogen-bond donors (Lipinski definition) is 1. The van der Waals surface area contributed by atoms with Crippen LogP contribution in [0.15, 0.2) is 85.7 Å². The Morgan fingerprint density at radius 1 is 0.849 bits per heavy atom. The highest BCUT2D eigenvalue weighted by Crippen LogP contribution is 2.37. The maximum atomic E-state index is 9.80. The number of nitrogens with zero attached hydrogens (tertiary/aromatic N) is 6. The van der Waals surface area contributed by atoms with Gasteiger partial charge in [0.25, 0.3) is 0 Å². The lowest BCUT2D eigenvalue weighted by molar-refractivity contribution is 0.173. The molecule has 1 aliphatic heterocycles. The van der Waals surface area contributed by atoms with E-state index < -0.39 is 0 Å². The molecule has 274 valence electrons. The van der Waals surface area contributed by atoms with E-state index in [1.165, 1.54) is 12.5 Å². The lowest BCUT2D eigenvalue weighted by atomic mass is 9.93. The number of aliphatic hydroxyl groups excluding tert-OH is 1. The average Bonchev–Trinajstić information content (AvgIpc) is 3.58. The van der Waals surface area contributed by atoms with Crippen LogP contribution in [0.5, 0.6) is 17.2 Å². The number of aliphatic hydroxyl groups is 1. The molecule has 6 rings (SSSR count). The summed E-state index contributed by atoms with van der Waals surface area (Å²) in [6.07, 6.45) is 9.89. The SMILES string of the molecule is Cc1c(COc2cc(OCc3cncc(C#N)c3)c(CN(C)Cc3cncnc3)cc2Cl)cccc1-c1cccc(OCCCN2CCC(O)C2)c1C. The molecule has 1 aliphatic rings. The third-order valence-electron chi connectivity index (χ3n) is 9.47. The minimum absolute atomic E-state index is 0.203. The predicted octanol–water partition coefficient (Wildman–Crippen LogP) is 7.31. The fraction of sp³-hybridized carbons (Fsp3) is 0.333. The van der Waals surface area contributed by atoms with E-state index in [1.54, 1.807) is 24.7 Å². The summed E-state index contributed by atoms with van der Waals surface area (Å²) in [5.41, 5.74) is 8.59. The van der Waals surface area contributed by atoms with Gasteiger partial charge in [-0.25, -0.2) is 9.97 Å². The second-order valence-electron chi connectivity index (χ2n) is 13.5. The topological polar surface area (TPSA) is 117 Å². The predicted molar refractivity (Wildman–Crippen MR) is 205 cm³/mol. The van der Waals surface area contributed by atoms with Gasteiger partial charge in [0, 0.05) is 80.3 Å². The number of benzene rings is 3. The van der Waals surface area contributed by atoms with E-state index in [4.69, 9.17) is 25.8 Å². The fourth-order valence-electron chi connectivity index (χ4n) is 6.64. The van der Waals surface area contributed by atoms with Crippen molar-refractivity contribution in [2.75, 3.05) is 33.3 Å². The van der Waals surface area contributed by atoms with Gasteiger partial charge < -0.3 is 24.2 Å². The van der Waals surface area contributed by atoms with Crippen LogP contribution in [0.1, 0.15) is 51.8 Å². The molecule has 1 fully saturated rings. The third kappa shape index (κ3) is 10.1. The zero-order valence-electron chi connectivity index (χ0n) is 30.5. The van der Waals surface area contributed by atoms with Crippen LogP contribution >= 0.6 is 11.6 Å². The maximum absolute atomic E-state index is 9.80. The Morgan fingerprint density at radius 3 is 2.38 bits per heavy atom. The first kappa shape index (κ1) is 37.7. The summed E-state index contributed by atoms with van der Waals surface area (Å²) in [5.74, 6) is 2.01. The van der Waals surface area contributed by atoms with E-state index in [2.05, 4.69) is 68.9 Å². The summed E-state index contributed by atoms with van der Waals surface area (Å²) >= 11 is 6.88. The lowest BCUT2D eigenvalue weighted by Crippen LogP contribution is -2.24. The Kier molecular flexibility index (Phi) is 12.9. The molecule has 1 atom stereocenters. The molecule has 0 amide bonds. The highest BCUT2D eigenvalue weighted by Gasteiger charge is 2.20. The summed E-state index contributed by atoms with van der Waals surface area (Å²) < 4.78 is 19.0. The summed E-state index contributed by atoms with van der Waals surface area (Å²) in [6, 6.07) is 20.1. The molecule has 0 radical (unpaired) electrons. The number of hydrogen-bond acceptors (Lipinski definition) is 10. The first-order chi connectivity index (χ1) is 25.8. The number of likely N-dealkylation sites (tertiary alicyclic amines) is 1. The Labute approximate surface area is 316 Å². The summed E-state index contributed by atoms with van der Waals surface area (Å²) in [6.45, 7) is 9.17. The van der Waals surface area contributed by atoms with Crippen LogP contribution in [0.4, 0.5) is 0 Å². The molecule has 1 N–H and O–H groups in total. The van der Waals surface area contributed by atoms with Crippen molar-refractivity contribution in [3.63, 3.8) is 0 Å². The van der Waals surface area contributed by atoms with Crippen molar-refractivity contribution in [3.05, 3.63) is 130 Å². The molecule has 1 saturated heterocycles. The van der Waals surface area contributed by atoms with Gasteiger partial charge in [0.2, 0.25) is 0 Å². The second kappa shape index (κ2) is 18.1. The van der Waals surface area contributed by atoms with Crippen molar-refractivity contribution < 1.29 is 19.3 Å². The number of ether oxygens (including phenoxy) is 3. The number of pyridine rings is 1. The van der Waals surface area contributed by atoms with Gasteiger partial charge in [0.15, 0.2) is 0 Å². The highest BCUT2D eigenvalue weighted by atomic mass is 35.5. The molecule has 0 saturated carbocycles. The Hall–Kier alpha value is -5.05. The van der Waals surface area contributed by atoms with Crippen LogP contribution in [-0.2, 0) is 26.3 Å². The monoisotopic (exact) mass is 732 g/mol. The molecule has 0 aliphatic carbocycles. The number of nitriles is 1. The van der Waals surface area contributed by atoms with Crippen LogP contribution in [0.25, 0.3) is 11.1 Å². The second-order valence-corrected chi connectivity index (χ2v) is 14.0. The zero-order chi connectivity index (χ0) is 37.2. The standard InChI is InChI=1S/C42H45ClN6O4/c1-29-34(7-4-8-37(29)38-9-5-10-40(30(38)2)51-14-6-12-49-13-11-36(50)25-49)27-53-42-17-41(52-26-32-15-31(18-44)19-45-20-32)35(16-39(42)43)24-48(3)23-33-21-46-28-47-22-33/h4-5,7-10,15-17,19-22,28,36,50H,6,11-14,23-27H2,1-3H3. The molecule has 2 aromatic heterocycles. The van der Waals surface area contributed by atoms with Gasteiger partial charge >= 0.3 is 0 Å². The van der Waals surface area contributed by atoms with Gasteiger partial charge in [-0.3, -0.25) is 9.88 Å². The van der Waals surface area contributed by atoms with Gasteiger partial charge in [-0.2, -0.15) is 5.26 Å². The summed E-state index contributed by atoms with van der Waals surface area (Å²) in [7, 11) is 2.01. The number of β-amino-alcohol motifs (C(OH)–C–C–N with tert-alkyl or cyclic N) is 1. The molecule has 3 heterocycles. The van der Waals surface area contributed by atoms with Gasteiger partial charge in [-0.1, -0.05) is 41.9 Å². The van der Waals surface area contributed by atoms with Crippen molar-refractivity contribution in [2.24, 2.45) is 0 Å². The quantitative estimate of drug-likeness (QED) is 0.104. The molecular formula is C42H45ClN6O4. The van der Waals surface area contributed by atoms with E-state index in [1.807, 2.05) is 31.3 Å². The summed E-state index contributed by atoms with van der Waals surface area (Å²) in [5, 5.41) is 19.6. The van der Waals surface area contributed by atoms with Gasteiger partial charge in [0.05, 0.1) is 23.3 Å². The Bertz CT molecular complexity index is 2040. The zero-order valence-corrected chi connectivity index (χ0v) is 31.2. The van der Waals surface area contributed by atoms with Crippen molar-refractivity contribution in [1.29, 1.82) is 5.26 Å². The molecular weight excluding hydrogens is 688 g/mol. The highest BCUT2D eigenvalue weighted by molar-refractivity contribution is 6.32. The molecule has 10 nitrogen and oxygen atoms in total. The first-order valence-electron chi connectivity index (χ1n) is 17.8. The van der Waals surface area contributed by atoms with Crippen molar-refractivity contribution in [2.45, 2.75) is 59.1 Å². The molecule has 5 aromatic rings. The van der Waals surface area contributed by atoms with Crippen LogP contribution in [0, 0.1) is 25.2 Å². The molecule has 11 heteroatoms. The molecule has 3 aromatic carbocycles. The number of aromatic nitrogens is 3. The average molecular weight is 733 g/mol. The van der Waals surface area contributed by atoms with Gasteiger partial charge in [-0.15, -0.1) is 0 Å². The number of rotatable bonds is 16. The molecule has 53 heavy (non-hydrogen) atoms. The van der Waals surface area contributed by atoms with Crippen LogP contribution in [0.3, 0.4) is 0 Å². The maximum Gasteiger partial charge on any atom is 0.142 e. The van der Waals surface area contributed by atoms with Crippen molar-refractivity contribution >= 4 is 11.6 Å². The minimum atomic E-state index is -0.203. The third-order valence-corrected chi connectivity index (χ3v) is 9.76. The van der Waals surface area contributed by atoms with Crippen molar-refractivity contribution in [1.82, 2.24) is 24.8 Å². The van der Waals surface area contributed by atoms with E-state index in [9.17, 15) is 10.4 Å². The normalized spacial score (nSPS) is 14.3. The molecule has 0 spiro atoms. The van der Waals surface area contributed by atoms with Gasteiger partial charge in [0.1, 0.15) is 42.9 Å². The fourth-order valence-corrected chi connectivity index (χ4v) is 6.88. The van der Waals surface area contributed by atoms with E-state index >= 15 is 0 Å². The Morgan fingerprint density at radius 2 is 1.60 bits per heavy atom. The number of halogens is 1. The van der Waals surface area contributed by atoms with Crippen molar-refractivity contribution in [3.8, 4) is 34.4 Å². The van der Waals surface area contributed by atoms with E-state index in [0.717, 1.165) is 82.7 Å². The van der Waals surface area contributed by atoms with Crippen LogP contribution in [0.2, 0.25) is 5.02 Å².